The fourth-order valence-electron chi connectivity index (χ4n) is 3.52. The summed E-state index contributed by atoms with van der Waals surface area (Å²) in [4.78, 5) is 11.2. The number of rotatable bonds is 2. The molecule has 1 heteroatoms. The molecular weight excluding hydrogens is 196 g/mol. The summed E-state index contributed by atoms with van der Waals surface area (Å²) in [5, 5.41) is 0. The Hall–Kier alpha value is -0.590. The third-order valence-corrected chi connectivity index (χ3v) is 4.44. The zero-order valence-corrected chi connectivity index (χ0v) is 10.6. The van der Waals surface area contributed by atoms with E-state index < -0.39 is 0 Å². The lowest BCUT2D eigenvalue weighted by Crippen LogP contribution is -2.32. The molecule has 2 aliphatic carbocycles. The lowest BCUT2D eigenvalue weighted by Gasteiger charge is -2.40. The molecule has 0 radical (unpaired) electrons. The minimum atomic E-state index is 0.191. The van der Waals surface area contributed by atoms with Crippen LogP contribution in [0.4, 0.5) is 0 Å². The van der Waals surface area contributed by atoms with Crippen LogP contribution in [0, 0.1) is 23.2 Å². The molecule has 2 aliphatic rings. The summed E-state index contributed by atoms with van der Waals surface area (Å²) in [5.74, 6) is 1.60. The van der Waals surface area contributed by atoms with Gasteiger partial charge in [0.2, 0.25) is 0 Å². The van der Waals surface area contributed by atoms with Crippen LogP contribution in [0.25, 0.3) is 0 Å². The van der Waals surface area contributed by atoms with Crippen LogP contribution >= 0.6 is 0 Å². The molecule has 0 heterocycles. The van der Waals surface area contributed by atoms with Gasteiger partial charge in [-0.25, -0.2) is 0 Å². The van der Waals surface area contributed by atoms with Gasteiger partial charge in [-0.3, -0.25) is 0 Å². The number of hydrogen-bond acceptors (Lipinski definition) is 1. The van der Waals surface area contributed by atoms with Crippen molar-refractivity contribution >= 4 is 6.29 Å². The van der Waals surface area contributed by atoms with E-state index in [1.165, 1.54) is 44.8 Å². The van der Waals surface area contributed by atoms with Crippen LogP contribution in [0.2, 0.25) is 0 Å². The quantitative estimate of drug-likeness (QED) is 0.508. The van der Waals surface area contributed by atoms with Gasteiger partial charge in [0.25, 0.3) is 0 Å². The van der Waals surface area contributed by atoms with Gasteiger partial charge in [-0.1, -0.05) is 58.1 Å². The summed E-state index contributed by atoms with van der Waals surface area (Å²) < 4.78 is 0. The van der Waals surface area contributed by atoms with Gasteiger partial charge in [0, 0.05) is 5.92 Å². The van der Waals surface area contributed by atoms with Crippen molar-refractivity contribution in [3.05, 3.63) is 12.2 Å². The van der Waals surface area contributed by atoms with Gasteiger partial charge >= 0.3 is 0 Å². The summed E-state index contributed by atoms with van der Waals surface area (Å²) >= 11 is 0. The molecule has 2 rings (SSSR count). The summed E-state index contributed by atoms with van der Waals surface area (Å²) in [6.07, 6.45) is 13.6. The summed E-state index contributed by atoms with van der Waals surface area (Å²) in [5.41, 5.74) is 0.293. The Labute approximate surface area is 99.3 Å². The molecule has 90 valence electrons. The SMILES string of the molecule is CC1(C)C=CC(C=O)C(C2CCCCC2)C1. The standard InChI is InChI=1S/C15H24O/c1-15(2)9-8-13(11-16)14(10-15)12-6-4-3-5-7-12/h8-9,11-14H,3-7,10H2,1-2H3. The van der Waals surface area contributed by atoms with Crippen molar-refractivity contribution in [3.63, 3.8) is 0 Å². The van der Waals surface area contributed by atoms with Gasteiger partial charge < -0.3 is 4.79 Å². The van der Waals surface area contributed by atoms with Crippen LogP contribution in [0.5, 0.6) is 0 Å². The van der Waals surface area contributed by atoms with Crippen LogP contribution in [-0.2, 0) is 4.79 Å². The van der Waals surface area contributed by atoms with E-state index in [0.717, 1.165) is 5.92 Å². The maximum absolute atomic E-state index is 11.2. The Kier molecular flexibility index (Phi) is 3.51. The molecule has 0 aliphatic heterocycles. The van der Waals surface area contributed by atoms with E-state index in [9.17, 15) is 4.79 Å². The second-order valence-electron chi connectivity index (χ2n) is 6.33. The molecule has 1 nitrogen and oxygen atoms in total. The van der Waals surface area contributed by atoms with E-state index in [4.69, 9.17) is 0 Å². The van der Waals surface area contributed by atoms with Crippen molar-refractivity contribution in [1.82, 2.24) is 0 Å². The van der Waals surface area contributed by atoms with E-state index in [1.807, 2.05) is 0 Å². The van der Waals surface area contributed by atoms with Gasteiger partial charge in [-0.2, -0.15) is 0 Å². The topological polar surface area (TPSA) is 17.1 Å². The Morgan fingerprint density at radius 1 is 1.19 bits per heavy atom. The maximum Gasteiger partial charge on any atom is 0.127 e. The monoisotopic (exact) mass is 220 g/mol. The predicted octanol–water partition coefficient (Wildman–Crippen LogP) is 3.98. The first-order valence-electron chi connectivity index (χ1n) is 6.77. The average Bonchev–Trinajstić information content (AvgIpc) is 2.29. The van der Waals surface area contributed by atoms with Crippen molar-refractivity contribution in [2.45, 2.75) is 52.4 Å². The molecule has 0 N–H and O–H groups in total. The Balaban J connectivity index is 2.10. The van der Waals surface area contributed by atoms with Gasteiger partial charge in [-0.15, -0.1) is 0 Å². The molecule has 1 saturated carbocycles. The third-order valence-electron chi connectivity index (χ3n) is 4.44. The zero-order chi connectivity index (χ0) is 11.6. The Morgan fingerprint density at radius 2 is 1.88 bits per heavy atom. The third kappa shape index (κ3) is 2.56. The first kappa shape index (κ1) is 11.9. The lowest BCUT2D eigenvalue weighted by molar-refractivity contribution is -0.112. The fourth-order valence-corrected chi connectivity index (χ4v) is 3.52. The highest BCUT2D eigenvalue weighted by atomic mass is 16.1. The predicted molar refractivity (Wildman–Crippen MR) is 67.2 cm³/mol. The molecule has 0 aromatic heterocycles. The van der Waals surface area contributed by atoms with Crippen LogP contribution in [0.15, 0.2) is 12.2 Å². The second-order valence-corrected chi connectivity index (χ2v) is 6.33. The average molecular weight is 220 g/mol. The molecule has 0 bridgehead atoms. The Bertz CT molecular complexity index is 271. The first-order chi connectivity index (χ1) is 7.62. The molecule has 0 aromatic rings. The minimum absolute atomic E-state index is 0.191. The van der Waals surface area contributed by atoms with Gasteiger partial charge in [0.05, 0.1) is 0 Å². The molecule has 16 heavy (non-hydrogen) atoms. The van der Waals surface area contributed by atoms with Crippen LogP contribution < -0.4 is 0 Å². The molecular formula is C15H24O. The molecule has 0 spiro atoms. The highest BCUT2D eigenvalue weighted by molar-refractivity contribution is 5.57. The molecule has 2 unspecified atom stereocenters. The minimum Gasteiger partial charge on any atom is -0.303 e. The summed E-state index contributed by atoms with van der Waals surface area (Å²) in [6, 6.07) is 0. The number of allylic oxidation sites excluding steroid dienone is 2. The van der Waals surface area contributed by atoms with Crippen molar-refractivity contribution in [1.29, 1.82) is 0 Å². The van der Waals surface area contributed by atoms with Gasteiger partial charge in [-0.05, 0) is 23.7 Å². The normalized spacial score (nSPS) is 34.9. The number of carbonyl (C=O) groups is 1. The van der Waals surface area contributed by atoms with Crippen molar-refractivity contribution < 1.29 is 4.79 Å². The smallest absolute Gasteiger partial charge is 0.127 e. The molecule has 0 aromatic carbocycles. The summed E-state index contributed by atoms with van der Waals surface area (Å²) in [7, 11) is 0. The highest BCUT2D eigenvalue weighted by Gasteiger charge is 2.35. The fraction of sp³-hybridized carbons (Fsp3) is 0.800. The maximum atomic E-state index is 11.2. The van der Waals surface area contributed by atoms with Crippen molar-refractivity contribution in [2.24, 2.45) is 23.2 Å². The zero-order valence-electron chi connectivity index (χ0n) is 10.6. The van der Waals surface area contributed by atoms with E-state index in [-0.39, 0.29) is 5.92 Å². The number of aldehydes is 1. The highest BCUT2D eigenvalue weighted by Crippen LogP contribution is 2.44. The van der Waals surface area contributed by atoms with E-state index >= 15 is 0 Å². The molecule has 0 saturated heterocycles. The molecule has 0 amide bonds. The summed E-state index contributed by atoms with van der Waals surface area (Å²) in [6.45, 7) is 4.58. The van der Waals surface area contributed by atoms with Gasteiger partial charge in [0.15, 0.2) is 0 Å². The number of hydrogen-bond donors (Lipinski definition) is 0. The van der Waals surface area contributed by atoms with Crippen LogP contribution in [0.1, 0.15) is 52.4 Å². The molecule has 2 atom stereocenters. The van der Waals surface area contributed by atoms with E-state index in [2.05, 4.69) is 26.0 Å². The van der Waals surface area contributed by atoms with Crippen molar-refractivity contribution in [2.75, 3.05) is 0 Å². The Morgan fingerprint density at radius 3 is 2.50 bits per heavy atom. The molecule has 1 fully saturated rings. The van der Waals surface area contributed by atoms with Crippen LogP contribution in [0.3, 0.4) is 0 Å². The largest absolute Gasteiger partial charge is 0.303 e. The lowest BCUT2D eigenvalue weighted by atomic mass is 9.65. The first-order valence-corrected chi connectivity index (χ1v) is 6.77. The van der Waals surface area contributed by atoms with Gasteiger partial charge in [0.1, 0.15) is 6.29 Å². The second kappa shape index (κ2) is 4.73. The number of carbonyl (C=O) groups excluding carboxylic acids is 1. The van der Waals surface area contributed by atoms with E-state index in [1.54, 1.807) is 0 Å². The van der Waals surface area contributed by atoms with Crippen LogP contribution in [-0.4, -0.2) is 6.29 Å². The van der Waals surface area contributed by atoms with E-state index in [0.29, 0.717) is 11.3 Å². The van der Waals surface area contributed by atoms with Crippen molar-refractivity contribution in [3.8, 4) is 0 Å².